The quantitative estimate of drug-likeness (QED) is 0.771. The molecule has 20 heavy (non-hydrogen) atoms. The maximum absolute atomic E-state index is 11.7. The maximum Gasteiger partial charge on any atom is 0.220 e. The van der Waals surface area contributed by atoms with E-state index in [1.165, 1.54) is 0 Å². The predicted octanol–water partition coefficient (Wildman–Crippen LogP) is 0.471. The van der Waals surface area contributed by atoms with Crippen LogP contribution in [0.25, 0.3) is 0 Å². The van der Waals surface area contributed by atoms with Gasteiger partial charge >= 0.3 is 0 Å². The van der Waals surface area contributed by atoms with Crippen LogP contribution in [0.15, 0.2) is 0 Å². The summed E-state index contributed by atoms with van der Waals surface area (Å²) in [6, 6.07) is 0. The van der Waals surface area contributed by atoms with Gasteiger partial charge < -0.3 is 14.8 Å². The number of sulfone groups is 1. The molecule has 2 rings (SSSR count). The van der Waals surface area contributed by atoms with Crippen molar-refractivity contribution in [2.75, 3.05) is 31.3 Å². The zero-order valence-electron chi connectivity index (χ0n) is 11.9. The molecule has 1 atom stereocenters. The summed E-state index contributed by atoms with van der Waals surface area (Å²) in [5.74, 6) is 0.0414. The molecule has 2 fully saturated rings. The lowest BCUT2D eigenvalue weighted by Gasteiger charge is -2.22. The highest BCUT2D eigenvalue weighted by Crippen LogP contribution is 2.23. The van der Waals surface area contributed by atoms with Gasteiger partial charge in [0, 0.05) is 19.4 Å². The fourth-order valence-electron chi connectivity index (χ4n) is 2.65. The van der Waals surface area contributed by atoms with Crippen LogP contribution in [0.3, 0.4) is 0 Å². The largest absolute Gasteiger partial charge is 0.356 e. The van der Waals surface area contributed by atoms with Crippen LogP contribution in [-0.4, -0.2) is 51.4 Å². The Morgan fingerprint density at radius 2 is 2.05 bits per heavy atom. The highest BCUT2D eigenvalue weighted by Gasteiger charge is 2.30. The van der Waals surface area contributed by atoms with E-state index in [2.05, 4.69) is 5.32 Å². The second-order valence-corrected chi connectivity index (χ2v) is 7.97. The van der Waals surface area contributed by atoms with Gasteiger partial charge in [-0.2, -0.15) is 0 Å². The molecule has 0 spiro atoms. The molecule has 0 aromatic rings. The Morgan fingerprint density at radius 3 is 2.65 bits per heavy atom. The first kappa shape index (κ1) is 15.7. The van der Waals surface area contributed by atoms with Crippen molar-refractivity contribution in [3.8, 4) is 0 Å². The minimum absolute atomic E-state index is 0.0316. The van der Waals surface area contributed by atoms with Crippen molar-refractivity contribution in [2.24, 2.45) is 5.92 Å². The lowest BCUT2D eigenvalue weighted by atomic mass is 10.0. The Kier molecular flexibility index (Phi) is 5.04. The fourth-order valence-corrected chi connectivity index (χ4v) is 4.56. The highest BCUT2D eigenvalue weighted by atomic mass is 32.2. The number of nitrogens with one attached hydrogen (secondary N) is 1. The fraction of sp³-hybridized carbons (Fsp3) is 0.923. The molecule has 0 aliphatic carbocycles. The Balaban J connectivity index is 1.59. The molecule has 116 valence electrons. The SMILES string of the molecule is CC1(CCNC(=O)CCC2CCS(=O)(=O)C2)OCCO1. The van der Waals surface area contributed by atoms with Gasteiger partial charge in [0.2, 0.25) is 5.91 Å². The van der Waals surface area contributed by atoms with Gasteiger partial charge in [-0.05, 0) is 25.7 Å². The van der Waals surface area contributed by atoms with Gasteiger partial charge in [0.05, 0.1) is 24.7 Å². The summed E-state index contributed by atoms with van der Waals surface area (Å²) in [7, 11) is -2.84. The van der Waals surface area contributed by atoms with Crippen molar-refractivity contribution in [3.63, 3.8) is 0 Å². The molecule has 0 saturated carbocycles. The van der Waals surface area contributed by atoms with Crippen molar-refractivity contribution in [2.45, 2.75) is 38.4 Å². The summed E-state index contributed by atoms with van der Waals surface area (Å²) in [5, 5.41) is 2.83. The number of carbonyl (C=O) groups excluding carboxylic acids is 1. The minimum atomic E-state index is -2.84. The zero-order chi connectivity index (χ0) is 14.6. The third-order valence-corrected chi connectivity index (χ3v) is 5.74. The van der Waals surface area contributed by atoms with Crippen LogP contribution in [0, 0.1) is 5.92 Å². The summed E-state index contributed by atoms with van der Waals surface area (Å²) in [6.45, 7) is 3.58. The molecule has 1 amide bonds. The molecule has 7 heteroatoms. The molecule has 2 aliphatic heterocycles. The molecule has 2 heterocycles. The van der Waals surface area contributed by atoms with E-state index in [0.717, 1.165) is 0 Å². The van der Waals surface area contributed by atoms with E-state index in [0.29, 0.717) is 45.4 Å². The van der Waals surface area contributed by atoms with Gasteiger partial charge in [0.1, 0.15) is 0 Å². The monoisotopic (exact) mass is 305 g/mol. The number of rotatable bonds is 6. The molecule has 0 bridgehead atoms. The second kappa shape index (κ2) is 6.41. The Hall–Kier alpha value is -0.660. The summed E-state index contributed by atoms with van der Waals surface area (Å²) in [6.07, 6.45) is 2.35. The minimum Gasteiger partial charge on any atom is -0.356 e. The first-order chi connectivity index (χ1) is 9.39. The van der Waals surface area contributed by atoms with Gasteiger partial charge in [0.15, 0.2) is 15.6 Å². The van der Waals surface area contributed by atoms with Crippen LogP contribution in [0.5, 0.6) is 0 Å². The van der Waals surface area contributed by atoms with Gasteiger partial charge in [-0.1, -0.05) is 0 Å². The Morgan fingerprint density at radius 1 is 1.35 bits per heavy atom. The topological polar surface area (TPSA) is 81.7 Å². The van der Waals surface area contributed by atoms with Gasteiger partial charge in [-0.15, -0.1) is 0 Å². The van der Waals surface area contributed by atoms with E-state index in [-0.39, 0.29) is 23.3 Å². The predicted molar refractivity (Wildman–Crippen MR) is 73.9 cm³/mol. The summed E-state index contributed by atoms with van der Waals surface area (Å²) < 4.78 is 33.5. The van der Waals surface area contributed by atoms with Gasteiger partial charge in [-0.25, -0.2) is 8.42 Å². The molecule has 1 N–H and O–H groups in total. The van der Waals surface area contributed by atoms with Crippen LogP contribution in [0.4, 0.5) is 0 Å². The lowest BCUT2D eigenvalue weighted by molar-refractivity contribution is -0.146. The van der Waals surface area contributed by atoms with Crippen molar-refractivity contribution >= 4 is 15.7 Å². The molecule has 0 aromatic carbocycles. The van der Waals surface area contributed by atoms with E-state index in [4.69, 9.17) is 9.47 Å². The van der Waals surface area contributed by atoms with Gasteiger partial charge in [0.25, 0.3) is 0 Å². The molecule has 0 radical (unpaired) electrons. The van der Waals surface area contributed by atoms with E-state index in [1.54, 1.807) is 0 Å². The van der Waals surface area contributed by atoms with Crippen molar-refractivity contribution in [3.05, 3.63) is 0 Å². The summed E-state index contributed by atoms with van der Waals surface area (Å²) >= 11 is 0. The molecular formula is C13H23NO5S. The van der Waals surface area contributed by atoms with Gasteiger partial charge in [-0.3, -0.25) is 4.79 Å². The molecule has 1 unspecified atom stereocenters. The maximum atomic E-state index is 11.7. The molecule has 2 saturated heterocycles. The van der Waals surface area contributed by atoms with Crippen LogP contribution in [0.2, 0.25) is 0 Å². The second-order valence-electron chi connectivity index (χ2n) is 5.74. The zero-order valence-corrected chi connectivity index (χ0v) is 12.7. The number of carbonyl (C=O) groups is 1. The van der Waals surface area contributed by atoms with Crippen molar-refractivity contribution in [1.82, 2.24) is 5.32 Å². The number of amides is 1. The molecular weight excluding hydrogens is 282 g/mol. The van der Waals surface area contributed by atoms with Crippen molar-refractivity contribution in [1.29, 1.82) is 0 Å². The van der Waals surface area contributed by atoms with E-state index < -0.39 is 15.6 Å². The van der Waals surface area contributed by atoms with E-state index >= 15 is 0 Å². The lowest BCUT2D eigenvalue weighted by Crippen LogP contribution is -2.33. The standard InChI is InChI=1S/C13H23NO5S/c1-13(18-7-8-19-13)5-6-14-12(15)3-2-11-4-9-20(16,17)10-11/h11H,2-10H2,1H3,(H,14,15). The first-order valence-electron chi connectivity index (χ1n) is 7.14. The van der Waals surface area contributed by atoms with Crippen molar-refractivity contribution < 1.29 is 22.7 Å². The number of ether oxygens (including phenoxy) is 2. The average molecular weight is 305 g/mol. The third-order valence-electron chi connectivity index (χ3n) is 3.91. The highest BCUT2D eigenvalue weighted by molar-refractivity contribution is 7.91. The van der Waals surface area contributed by atoms with Crippen LogP contribution in [-0.2, 0) is 24.1 Å². The number of hydrogen-bond donors (Lipinski definition) is 1. The summed E-state index contributed by atoms with van der Waals surface area (Å²) in [5.41, 5.74) is 0. The van der Waals surface area contributed by atoms with Crippen LogP contribution in [0.1, 0.15) is 32.6 Å². The molecule has 6 nitrogen and oxygen atoms in total. The Bertz CT molecular complexity index is 442. The third kappa shape index (κ3) is 4.71. The van der Waals surface area contributed by atoms with Crippen LogP contribution >= 0.6 is 0 Å². The van der Waals surface area contributed by atoms with E-state index in [9.17, 15) is 13.2 Å². The first-order valence-corrected chi connectivity index (χ1v) is 8.96. The average Bonchev–Trinajstić information content (AvgIpc) is 2.93. The normalized spacial score (nSPS) is 27.6. The number of hydrogen-bond acceptors (Lipinski definition) is 5. The van der Waals surface area contributed by atoms with E-state index in [1.807, 2.05) is 6.92 Å². The molecule has 0 aromatic heterocycles. The van der Waals surface area contributed by atoms with Crippen LogP contribution < -0.4 is 5.32 Å². The molecule has 2 aliphatic rings. The smallest absolute Gasteiger partial charge is 0.220 e. The summed E-state index contributed by atoms with van der Waals surface area (Å²) in [4.78, 5) is 11.7. The Labute approximate surface area is 120 Å².